The zero-order chi connectivity index (χ0) is 20.6. The number of ether oxygens (including phenoxy) is 2. The third-order valence-corrected chi connectivity index (χ3v) is 5.13. The fourth-order valence-corrected chi connectivity index (χ4v) is 3.65. The number of thiol groups is 1. The Hall–Kier alpha value is -2.47. The van der Waals surface area contributed by atoms with Gasteiger partial charge in [0.25, 0.3) is 0 Å². The third kappa shape index (κ3) is 5.32. The molecule has 1 heterocycles. The van der Waals surface area contributed by atoms with Crippen LogP contribution in [0.15, 0.2) is 47.4 Å². The Kier molecular flexibility index (Phi) is 7.58. The number of benzene rings is 2. The number of imidazole rings is 1. The van der Waals surface area contributed by atoms with E-state index in [2.05, 4.69) is 41.0 Å². The van der Waals surface area contributed by atoms with Crippen LogP contribution in [0.4, 0.5) is 0 Å². The predicted octanol–water partition coefficient (Wildman–Crippen LogP) is 5.38. The fraction of sp³-hybridized carbons (Fsp3) is 0.391. The molecule has 0 atom stereocenters. The maximum absolute atomic E-state index is 11.2. The number of carbonyl (C=O) groups excluding carboxylic acids is 1. The Morgan fingerprint density at radius 1 is 1.14 bits per heavy atom. The van der Waals surface area contributed by atoms with Gasteiger partial charge in [0.1, 0.15) is 17.1 Å². The van der Waals surface area contributed by atoms with Gasteiger partial charge in [-0.15, -0.1) is 12.6 Å². The average molecular weight is 413 g/mol. The van der Waals surface area contributed by atoms with E-state index in [1.165, 1.54) is 7.11 Å². The molecule has 0 bridgehead atoms. The minimum Gasteiger partial charge on any atom is -0.493 e. The molecule has 0 aliphatic heterocycles. The van der Waals surface area contributed by atoms with Gasteiger partial charge in [-0.05, 0) is 43.9 Å². The van der Waals surface area contributed by atoms with Crippen LogP contribution in [0.5, 0.6) is 5.75 Å². The van der Waals surface area contributed by atoms with E-state index in [0.717, 1.165) is 65.3 Å². The van der Waals surface area contributed by atoms with Gasteiger partial charge in [0.05, 0.1) is 19.2 Å². The molecule has 0 aliphatic rings. The summed E-state index contributed by atoms with van der Waals surface area (Å²) in [5.74, 6) is 1.66. The number of unbranched alkanes of at least 4 members (excludes halogenated alkanes) is 2. The number of para-hydroxylation sites is 1. The van der Waals surface area contributed by atoms with Crippen molar-refractivity contribution in [3.63, 3.8) is 0 Å². The van der Waals surface area contributed by atoms with Crippen LogP contribution in [0, 0.1) is 0 Å². The van der Waals surface area contributed by atoms with E-state index in [1.54, 1.807) is 0 Å². The van der Waals surface area contributed by atoms with E-state index in [4.69, 9.17) is 9.72 Å². The molecule has 3 rings (SSSR count). The topological polar surface area (TPSA) is 53.4 Å². The zero-order valence-corrected chi connectivity index (χ0v) is 18.0. The smallest absolute Gasteiger partial charge is 0.305 e. The molecule has 3 aromatic rings. The van der Waals surface area contributed by atoms with Gasteiger partial charge in [0.2, 0.25) is 0 Å². The highest BCUT2D eigenvalue weighted by Gasteiger charge is 2.15. The van der Waals surface area contributed by atoms with E-state index < -0.39 is 0 Å². The van der Waals surface area contributed by atoms with Gasteiger partial charge >= 0.3 is 5.97 Å². The average Bonchev–Trinajstić information content (AvgIpc) is 3.10. The third-order valence-electron chi connectivity index (χ3n) is 4.79. The lowest BCUT2D eigenvalue weighted by molar-refractivity contribution is -0.140. The maximum Gasteiger partial charge on any atom is 0.305 e. The van der Waals surface area contributed by atoms with Gasteiger partial charge in [-0.3, -0.25) is 9.36 Å². The second-order valence-corrected chi connectivity index (χ2v) is 7.48. The van der Waals surface area contributed by atoms with Crippen LogP contribution >= 0.6 is 12.6 Å². The molecule has 0 unspecified atom stereocenters. The number of esters is 1. The van der Waals surface area contributed by atoms with Gasteiger partial charge in [-0.1, -0.05) is 25.1 Å². The second kappa shape index (κ2) is 10.3. The van der Waals surface area contributed by atoms with Crippen molar-refractivity contribution in [3.05, 3.63) is 48.3 Å². The molecule has 1 aromatic heterocycles. The van der Waals surface area contributed by atoms with Crippen molar-refractivity contribution in [2.45, 2.75) is 50.3 Å². The Balaban J connectivity index is 1.77. The summed E-state index contributed by atoms with van der Waals surface area (Å²) >= 11 is 4.67. The van der Waals surface area contributed by atoms with E-state index >= 15 is 0 Å². The summed E-state index contributed by atoms with van der Waals surface area (Å²) in [5, 5.41) is 0. The number of aromatic nitrogens is 2. The first-order valence-corrected chi connectivity index (χ1v) is 10.6. The number of hydrogen-bond acceptors (Lipinski definition) is 5. The van der Waals surface area contributed by atoms with Crippen molar-refractivity contribution in [1.29, 1.82) is 0 Å². The number of carbonyl (C=O) groups is 1. The van der Waals surface area contributed by atoms with Crippen LogP contribution in [-0.4, -0.2) is 29.2 Å². The minimum atomic E-state index is -0.159. The summed E-state index contributed by atoms with van der Waals surface area (Å²) in [6.07, 6.45) is 5.00. The van der Waals surface area contributed by atoms with Gasteiger partial charge in [-0.2, -0.15) is 0 Å². The number of methoxy groups -OCH3 is 1. The lowest BCUT2D eigenvalue weighted by atomic mass is 10.2. The van der Waals surface area contributed by atoms with E-state index in [-0.39, 0.29) is 5.97 Å². The molecular formula is C23H28N2O3S. The van der Waals surface area contributed by atoms with E-state index in [0.29, 0.717) is 13.0 Å². The molecule has 0 saturated carbocycles. The van der Waals surface area contributed by atoms with Gasteiger partial charge in [0.15, 0.2) is 0 Å². The summed E-state index contributed by atoms with van der Waals surface area (Å²) in [4.78, 5) is 16.8. The van der Waals surface area contributed by atoms with Crippen LogP contribution < -0.4 is 4.74 Å². The van der Waals surface area contributed by atoms with Crippen molar-refractivity contribution in [1.82, 2.24) is 9.55 Å². The summed E-state index contributed by atoms with van der Waals surface area (Å²) in [7, 11) is 1.42. The summed E-state index contributed by atoms with van der Waals surface area (Å²) in [6.45, 7) is 2.76. The lowest BCUT2D eigenvalue weighted by Crippen LogP contribution is -2.02. The van der Waals surface area contributed by atoms with Crippen molar-refractivity contribution < 1.29 is 14.3 Å². The highest BCUT2D eigenvalue weighted by molar-refractivity contribution is 7.80. The van der Waals surface area contributed by atoms with Crippen LogP contribution in [-0.2, 0) is 16.0 Å². The fourth-order valence-electron chi connectivity index (χ4n) is 3.36. The Labute approximate surface area is 177 Å². The van der Waals surface area contributed by atoms with Crippen LogP contribution in [0.25, 0.3) is 16.7 Å². The van der Waals surface area contributed by atoms with Crippen LogP contribution in [0.2, 0.25) is 0 Å². The van der Waals surface area contributed by atoms with Gasteiger partial charge in [-0.25, -0.2) is 4.98 Å². The summed E-state index contributed by atoms with van der Waals surface area (Å²) in [5.41, 5.74) is 2.99. The summed E-state index contributed by atoms with van der Waals surface area (Å²) in [6, 6.07) is 14.2. The Morgan fingerprint density at radius 2 is 1.93 bits per heavy atom. The molecule has 5 nitrogen and oxygen atoms in total. The maximum atomic E-state index is 11.2. The van der Waals surface area contributed by atoms with E-state index in [1.807, 2.05) is 30.3 Å². The molecule has 154 valence electrons. The number of nitrogens with zero attached hydrogens (tertiary/aromatic N) is 2. The highest BCUT2D eigenvalue weighted by atomic mass is 32.1. The Morgan fingerprint density at radius 3 is 2.66 bits per heavy atom. The first kappa shape index (κ1) is 21.2. The van der Waals surface area contributed by atoms with E-state index in [9.17, 15) is 4.79 Å². The Bertz CT molecular complexity index is 954. The van der Waals surface area contributed by atoms with Crippen molar-refractivity contribution in [2.24, 2.45) is 0 Å². The SMILES string of the molecule is CCCc1nc2c(S)cc(OCCCCCC(=O)OC)cc2n1-c1ccccc1. The molecule has 0 aliphatic carbocycles. The molecule has 0 saturated heterocycles. The monoisotopic (exact) mass is 412 g/mol. The zero-order valence-electron chi connectivity index (χ0n) is 17.1. The van der Waals surface area contributed by atoms with Gasteiger partial charge < -0.3 is 9.47 Å². The first-order valence-electron chi connectivity index (χ1n) is 10.1. The number of fused-ring (bicyclic) bond motifs is 1. The summed E-state index contributed by atoms with van der Waals surface area (Å²) < 4.78 is 12.8. The normalized spacial score (nSPS) is 11.0. The van der Waals surface area contributed by atoms with Crippen LogP contribution in [0.1, 0.15) is 44.9 Å². The molecule has 0 fully saturated rings. The molecule has 2 aromatic carbocycles. The van der Waals surface area contributed by atoms with Crippen LogP contribution in [0.3, 0.4) is 0 Å². The van der Waals surface area contributed by atoms with Crippen molar-refractivity contribution in [2.75, 3.05) is 13.7 Å². The van der Waals surface area contributed by atoms with Crippen molar-refractivity contribution in [3.8, 4) is 11.4 Å². The number of aryl methyl sites for hydroxylation is 1. The number of hydrogen-bond donors (Lipinski definition) is 1. The molecule has 0 N–H and O–H groups in total. The van der Waals surface area contributed by atoms with Gasteiger partial charge in [0, 0.05) is 29.5 Å². The molecular weight excluding hydrogens is 384 g/mol. The standard InChI is InChI=1S/C23H28N2O3S/c1-3-10-21-24-23-19(25(21)17-11-6-4-7-12-17)15-18(16-20(23)29)28-14-9-5-8-13-22(26)27-2/h4,6-7,11-12,15-16,29H,3,5,8-10,13-14H2,1-2H3. The molecule has 0 spiro atoms. The lowest BCUT2D eigenvalue weighted by Gasteiger charge is -2.11. The second-order valence-electron chi connectivity index (χ2n) is 6.99. The largest absolute Gasteiger partial charge is 0.493 e. The highest BCUT2D eigenvalue weighted by Crippen LogP contribution is 2.31. The molecule has 6 heteroatoms. The molecule has 0 radical (unpaired) electrons. The quantitative estimate of drug-likeness (QED) is 0.276. The first-order chi connectivity index (χ1) is 14.1. The predicted molar refractivity (Wildman–Crippen MR) is 118 cm³/mol. The minimum absolute atomic E-state index is 0.159. The van der Waals surface area contributed by atoms with Crippen molar-refractivity contribution >= 4 is 29.6 Å². The molecule has 0 amide bonds. The number of rotatable bonds is 10. The molecule has 29 heavy (non-hydrogen) atoms.